The number of methoxy groups -OCH3 is 1. The number of ether oxygens (including phenoxy) is 2. The highest BCUT2D eigenvalue weighted by Crippen LogP contribution is 2.14. The molecule has 0 radical (unpaired) electrons. The molecule has 0 aliphatic carbocycles. The molecule has 7 nitrogen and oxygen atoms in total. The molecule has 3 rings (SSSR count). The summed E-state index contributed by atoms with van der Waals surface area (Å²) >= 11 is 0. The zero-order valence-electron chi connectivity index (χ0n) is 15.3. The van der Waals surface area contributed by atoms with Gasteiger partial charge in [0.25, 0.3) is 5.56 Å². The lowest BCUT2D eigenvalue weighted by Gasteiger charge is -2.06. The number of H-pyrrole nitrogens is 1. The highest BCUT2D eigenvalue weighted by molar-refractivity contribution is 6.00. The van der Waals surface area contributed by atoms with Gasteiger partial charge in [-0.05, 0) is 44.0 Å². The summed E-state index contributed by atoms with van der Waals surface area (Å²) in [4.78, 5) is 29.2. The average Bonchev–Trinajstić information content (AvgIpc) is 3.28. The Morgan fingerprint density at radius 3 is 2.78 bits per heavy atom. The van der Waals surface area contributed by atoms with Gasteiger partial charge in [-0.3, -0.25) is 19.7 Å². The summed E-state index contributed by atoms with van der Waals surface area (Å²) in [7, 11) is 1.29. The second-order valence-electron chi connectivity index (χ2n) is 6.40. The lowest BCUT2D eigenvalue weighted by molar-refractivity contribution is -0.139. The van der Waals surface area contributed by atoms with Crippen molar-refractivity contribution < 1.29 is 18.7 Å². The van der Waals surface area contributed by atoms with E-state index in [4.69, 9.17) is 9.47 Å². The van der Waals surface area contributed by atoms with Crippen LogP contribution in [0.25, 0.3) is 5.69 Å². The summed E-state index contributed by atoms with van der Waals surface area (Å²) in [5, 5.41) is 2.93. The minimum absolute atomic E-state index is 0.0577. The Morgan fingerprint density at radius 2 is 2.15 bits per heavy atom. The summed E-state index contributed by atoms with van der Waals surface area (Å²) in [5.41, 5.74) is 1.36. The maximum absolute atomic E-state index is 13.2. The van der Waals surface area contributed by atoms with Crippen LogP contribution in [-0.4, -0.2) is 47.8 Å². The van der Waals surface area contributed by atoms with Crippen LogP contribution in [0.4, 0.5) is 4.39 Å². The van der Waals surface area contributed by atoms with Crippen molar-refractivity contribution in [3.8, 4) is 5.69 Å². The number of aromatic nitrogens is 2. The van der Waals surface area contributed by atoms with Gasteiger partial charge in [0.1, 0.15) is 5.82 Å². The number of benzene rings is 1. The van der Waals surface area contributed by atoms with Gasteiger partial charge in [-0.15, -0.1) is 0 Å². The standard InChI is InChI=1S/C19H22FN3O4/c1-12(21-11-15-4-3-9-27-15)18-16(10-17(24)26-2)22-23(19(18)25)14-7-5-13(20)6-8-14/h5-8,15,22H,3-4,9-11H2,1-2H3/t15-/m0/s1. The van der Waals surface area contributed by atoms with Crippen LogP contribution in [0.1, 0.15) is 31.0 Å². The fourth-order valence-electron chi connectivity index (χ4n) is 3.08. The minimum atomic E-state index is -0.476. The van der Waals surface area contributed by atoms with E-state index in [1.54, 1.807) is 6.92 Å². The second-order valence-corrected chi connectivity index (χ2v) is 6.40. The summed E-state index contributed by atoms with van der Waals surface area (Å²) < 4.78 is 24.7. The normalized spacial score (nSPS) is 17.3. The molecule has 27 heavy (non-hydrogen) atoms. The third-order valence-corrected chi connectivity index (χ3v) is 4.52. The smallest absolute Gasteiger partial charge is 0.311 e. The van der Waals surface area contributed by atoms with Crippen molar-refractivity contribution in [1.29, 1.82) is 0 Å². The quantitative estimate of drug-likeness (QED) is 0.618. The van der Waals surface area contributed by atoms with Gasteiger partial charge in [-0.25, -0.2) is 9.07 Å². The molecule has 0 unspecified atom stereocenters. The van der Waals surface area contributed by atoms with E-state index in [2.05, 4.69) is 10.1 Å². The SMILES string of the molecule is COC(=O)Cc1[nH]n(-c2ccc(F)cc2)c(=O)c1C(C)=NC[C@@H]1CCCO1. The second kappa shape index (κ2) is 8.30. The van der Waals surface area contributed by atoms with Crippen LogP contribution < -0.4 is 5.56 Å². The largest absolute Gasteiger partial charge is 0.469 e. The lowest BCUT2D eigenvalue weighted by atomic mass is 10.1. The van der Waals surface area contributed by atoms with Crippen LogP contribution in [0, 0.1) is 5.82 Å². The first-order valence-corrected chi connectivity index (χ1v) is 8.79. The highest BCUT2D eigenvalue weighted by atomic mass is 19.1. The summed E-state index contributed by atoms with van der Waals surface area (Å²) in [6.07, 6.45) is 1.91. The zero-order valence-corrected chi connectivity index (χ0v) is 15.3. The number of halogens is 1. The van der Waals surface area contributed by atoms with Crippen LogP contribution in [0.5, 0.6) is 0 Å². The van der Waals surface area contributed by atoms with Crippen LogP contribution in [-0.2, 0) is 20.7 Å². The first kappa shape index (κ1) is 19.0. The summed E-state index contributed by atoms with van der Waals surface area (Å²) in [6.45, 7) is 2.92. The molecule has 2 heterocycles. The number of nitrogens with one attached hydrogen (secondary N) is 1. The lowest BCUT2D eigenvalue weighted by Crippen LogP contribution is -2.21. The third kappa shape index (κ3) is 4.33. The highest BCUT2D eigenvalue weighted by Gasteiger charge is 2.21. The third-order valence-electron chi connectivity index (χ3n) is 4.52. The zero-order chi connectivity index (χ0) is 19.4. The fraction of sp³-hybridized carbons (Fsp3) is 0.421. The molecule has 1 aromatic heterocycles. The Balaban J connectivity index is 1.98. The molecule has 0 saturated carbocycles. The van der Waals surface area contributed by atoms with Crippen molar-refractivity contribution in [3.05, 3.63) is 51.7 Å². The molecule has 1 aliphatic heterocycles. The Hall–Kier alpha value is -2.74. The van der Waals surface area contributed by atoms with Gasteiger partial charge >= 0.3 is 5.97 Å². The minimum Gasteiger partial charge on any atom is -0.469 e. The number of esters is 1. The Bertz CT molecular complexity index is 893. The van der Waals surface area contributed by atoms with Gasteiger partial charge in [-0.1, -0.05) is 0 Å². The molecule has 0 amide bonds. The van der Waals surface area contributed by atoms with Gasteiger partial charge in [0.15, 0.2) is 0 Å². The van der Waals surface area contributed by atoms with Gasteiger partial charge in [-0.2, -0.15) is 0 Å². The van der Waals surface area contributed by atoms with Crippen LogP contribution in [0.15, 0.2) is 34.1 Å². The molecular weight excluding hydrogens is 353 g/mol. The molecule has 0 spiro atoms. The molecule has 8 heteroatoms. The van der Waals surface area contributed by atoms with E-state index in [9.17, 15) is 14.0 Å². The molecule has 1 N–H and O–H groups in total. The number of rotatable bonds is 6. The number of aromatic amines is 1. The maximum atomic E-state index is 13.2. The molecule has 1 aliphatic rings. The average molecular weight is 375 g/mol. The van der Waals surface area contributed by atoms with Crippen molar-refractivity contribution >= 4 is 11.7 Å². The number of hydrogen-bond donors (Lipinski definition) is 1. The van der Waals surface area contributed by atoms with Gasteiger partial charge in [0.2, 0.25) is 0 Å². The van der Waals surface area contributed by atoms with E-state index in [-0.39, 0.29) is 18.1 Å². The predicted molar refractivity (Wildman–Crippen MR) is 98.1 cm³/mol. The Labute approximate surface area is 155 Å². The number of carbonyl (C=O) groups is 1. The molecule has 2 aromatic rings. The molecular formula is C19H22FN3O4. The van der Waals surface area contributed by atoms with E-state index >= 15 is 0 Å². The van der Waals surface area contributed by atoms with Crippen molar-refractivity contribution in [1.82, 2.24) is 9.78 Å². The number of hydrogen-bond acceptors (Lipinski definition) is 5. The topological polar surface area (TPSA) is 85.7 Å². The molecule has 0 bridgehead atoms. The van der Waals surface area contributed by atoms with Crippen LogP contribution in [0.3, 0.4) is 0 Å². The summed E-state index contributed by atoms with van der Waals surface area (Å²) in [5.74, 6) is -0.877. The van der Waals surface area contributed by atoms with Gasteiger partial charge in [0, 0.05) is 12.3 Å². The first-order valence-electron chi connectivity index (χ1n) is 8.79. The maximum Gasteiger partial charge on any atom is 0.311 e. The van der Waals surface area contributed by atoms with Gasteiger partial charge < -0.3 is 9.47 Å². The number of aliphatic imine (C=N–C) groups is 1. The number of carbonyl (C=O) groups excluding carboxylic acids is 1. The van der Waals surface area contributed by atoms with Crippen molar-refractivity contribution in [2.75, 3.05) is 20.3 Å². The molecule has 1 saturated heterocycles. The van der Waals surface area contributed by atoms with Gasteiger partial charge in [0.05, 0.1) is 43.1 Å². The fourth-order valence-corrected chi connectivity index (χ4v) is 3.08. The van der Waals surface area contributed by atoms with E-state index in [1.807, 2.05) is 0 Å². The van der Waals surface area contributed by atoms with Crippen molar-refractivity contribution in [2.24, 2.45) is 4.99 Å². The Kier molecular flexibility index (Phi) is 5.85. The van der Waals surface area contributed by atoms with E-state index in [1.165, 1.54) is 36.1 Å². The summed E-state index contributed by atoms with van der Waals surface area (Å²) in [6, 6.07) is 5.50. The van der Waals surface area contributed by atoms with E-state index in [0.717, 1.165) is 19.4 Å². The van der Waals surface area contributed by atoms with Crippen LogP contribution >= 0.6 is 0 Å². The molecule has 144 valence electrons. The molecule has 1 fully saturated rings. The monoisotopic (exact) mass is 375 g/mol. The molecule has 1 atom stereocenters. The van der Waals surface area contributed by atoms with Crippen molar-refractivity contribution in [2.45, 2.75) is 32.3 Å². The molecule has 1 aromatic carbocycles. The van der Waals surface area contributed by atoms with E-state index < -0.39 is 11.8 Å². The van der Waals surface area contributed by atoms with Crippen molar-refractivity contribution in [3.63, 3.8) is 0 Å². The van der Waals surface area contributed by atoms with Crippen LogP contribution in [0.2, 0.25) is 0 Å². The number of nitrogens with zero attached hydrogens (tertiary/aromatic N) is 2. The Morgan fingerprint density at radius 1 is 1.41 bits per heavy atom. The first-order chi connectivity index (χ1) is 13.0. The van der Waals surface area contributed by atoms with E-state index in [0.29, 0.717) is 29.2 Å². The predicted octanol–water partition coefficient (Wildman–Crippen LogP) is 2.01.